The Morgan fingerprint density at radius 2 is 1.55 bits per heavy atom. The summed E-state index contributed by atoms with van der Waals surface area (Å²) < 4.78 is 2.16. The highest BCUT2D eigenvalue weighted by Gasteiger charge is 2.27. The number of hydrogen-bond donors (Lipinski definition) is 3. The largest absolute Gasteiger partial charge is 0.396 e. The van der Waals surface area contributed by atoms with Crippen molar-refractivity contribution in [3.8, 4) is 0 Å². The molecule has 4 N–H and O–H groups in total. The summed E-state index contributed by atoms with van der Waals surface area (Å²) in [5.41, 5.74) is 9.64. The summed E-state index contributed by atoms with van der Waals surface area (Å²) >= 11 is 0. The van der Waals surface area contributed by atoms with E-state index in [1.54, 1.807) is 0 Å². The maximum atomic E-state index is 10.0. The number of fused-ring (bicyclic) bond motifs is 3. The number of hydrogen-bond acceptors (Lipinski definition) is 7. The van der Waals surface area contributed by atoms with Crippen molar-refractivity contribution in [3.63, 3.8) is 0 Å². The molecule has 3 heterocycles. The third-order valence-electron chi connectivity index (χ3n) is 8.14. The van der Waals surface area contributed by atoms with Crippen molar-refractivity contribution < 1.29 is 10.2 Å². The molecule has 0 radical (unpaired) electrons. The molecule has 0 spiro atoms. The lowest BCUT2D eigenvalue weighted by molar-refractivity contribution is 0.0557. The predicted octanol–water partition coefficient (Wildman–Crippen LogP) is 3.85. The number of piperazine rings is 1. The first-order valence-corrected chi connectivity index (χ1v) is 14.6. The number of unbranched alkanes of at least 4 members (excludes halogenated alkanes) is 2. The van der Waals surface area contributed by atoms with Crippen molar-refractivity contribution in [2.24, 2.45) is 5.41 Å². The molecule has 2 aromatic heterocycles. The number of imidazole rings is 1. The van der Waals surface area contributed by atoms with Crippen LogP contribution in [0.25, 0.3) is 21.9 Å². The number of benzene rings is 1. The highest BCUT2D eigenvalue weighted by atomic mass is 16.3. The number of nitrogens with two attached hydrogens (primary N) is 1. The topological polar surface area (TPSA) is 104 Å². The lowest BCUT2D eigenvalue weighted by Crippen LogP contribution is -2.46. The molecular formula is C30H48N6O2. The first-order valence-electron chi connectivity index (χ1n) is 14.6. The zero-order valence-corrected chi connectivity index (χ0v) is 23.8. The average Bonchev–Trinajstić information content (AvgIpc) is 3.29. The Bertz CT molecular complexity index is 1180. The van der Waals surface area contributed by atoms with Crippen LogP contribution >= 0.6 is 0 Å². The van der Waals surface area contributed by atoms with Crippen LogP contribution in [0.1, 0.15) is 64.3 Å². The first kappa shape index (κ1) is 28.7. The lowest BCUT2D eigenvalue weighted by atomic mass is 9.92. The van der Waals surface area contributed by atoms with E-state index < -0.39 is 5.41 Å². The van der Waals surface area contributed by atoms with Gasteiger partial charge in [0, 0.05) is 49.9 Å². The maximum absolute atomic E-state index is 10.0. The van der Waals surface area contributed by atoms with Gasteiger partial charge in [0.25, 0.3) is 0 Å². The Labute approximate surface area is 227 Å². The quantitative estimate of drug-likeness (QED) is 0.294. The number of aliphatic hydroxyl groups is 2. The van der Waals surface area contributed by atoms with Gasteiger partial charge in [-0.3, -0.25) is 0 Å². The predicted molar refractivity (Wildman–Crippen MR) is 156 cm³/mol. The molecule has 4 rings (SSSR count). The van der Waals surface area contributed by atoms with Gasteiger partial charge in [0.1, 0.15) is 11.3 Å². The van der Waals surface area contributed by atoms with Gasteiger partial charge in [-0.15, -0.1) is 0 Å². The number of aliphatic hydroxyl groups excluding tert-OH is 2. The third kappa shape index (κ3) is 6.65. The molecule has 0 atom stereocenters. The van der Waals surface area contributed by atoms with Gasteiger partial charge >= 0.3 is 0 Å². The van der Waals surface area contributed by atoms with Crippen LogP contribution < -0.4 is 5.73 Å². The number of rotatable bonds is 14. The van der Waals surface area contributed by atoms with Crippen LogP contribution in [-0.4, -0.2) is 87.0 Å². The van der Waals surface area contributed by atoms with Crippen molar-refractivity contribution in [1.82, 2.24) is 24.3 Å². The first-order chi connectivity index (χ1) is 18.4. The molecule has 1 fully saturated rings. The summed E-state index contributed by atoms with van der Waals surface area (Å²) in [5, 5.41) is 21.1. The van der Waals surface area contributed by atoms with E-state index in [0.29, 0.717) is 17.9 Å². The Hall–Kier alpha value is -2.26. The van der Waals surface area contributed by atoms with Crippen molar-refractivity contribution in [3.05, 3.63) is 29.6 Å². The minimum atomic E-state index is -0.652. The number of nitrogen functional groups attached to an aromatic ring is 1. The van der Waals surface area contributed by atoms with Crippen LogP contribution in [0, 0.1) is 5.41 Å². The van der Waals surface area contributed by atoms with Crippen LogP contribution in [0.5, 0.6) is 0 Å². The van der Waals surface area contributed by atoms with Gasteiger partial charge in [-0.25, -0.2) is 9.97 Å². The van der Waals surface area contributed by atoms with Gasteiger partial charge in [-0.1, -0.05) is 45.7 Å². The second-order valence-corrected chi connectivity index (χ2v) is 11.5. The molecule has 0 saturated carbocycles. The van der Waals surface area contributed by atoms with E-state index in [4.69, 9.17) is 15.7 Å². The SMILES string of the molecule is CCCCc1nc2c(N)nc3cc(CCCN4CCN(CCCC)CC4)ccc3c2n1CC(C)(CO)CO. The Balaban J connectivity index is 1.53. The molecule has 8 heteroatoms. The van der Waals surface area contributed by atoms with Crippen molar-refractivity contribution >= 4 is 27.8 Å². The molecule has 210 valence electrons. The summed E-state index contributed by atoms with van der Waals surface area (Å²) in [6.45, 7) is 13.7. The summed E-state index contributed by atoms with van der Waals surface area (Å²) in [4.78, 5) is 14.9. The van der Waals surface area contributed by atoms with Gasteiger partial charge in [0.2, 0.25) is 0 Å². The van der Waals surface area contributed by atoms with Crippen LogP contribution in [-0.2, 0) is 19.4 Å². The van der Waals surface area contributed by atoms with Gasteiger partial charge < -0.3 is 30.3 Å². The molecule has 1 aliphatic rings. The van der Waals surface area contributed by atoms with Crippen LogP contribution in [0.15, 0.2) is 18.2 Å². The zero-order chi connectivity index (χ0) is 27.1. The third-order valence-corrected chi connectivity index (χ3v) is 8.14. The lowest BCUT2D eigenvalue weighted by Gasteiger charge is -2.34. The molecule has 0 amide bonds. The number of aryl methyl sites for hydroxylation is 2. The van der Waals surface area contributed by atoms with Gasteiger partial charge in [-0.2, -0.15) is 0 Å². The van der Waals surface area contributed by atoms with E-state index in [2.05, 4.69) is 46.4 Å². The van der Waals surface area contributed by atoms with Gasteiger partial charge in [-0.05, 0) is 50.4 Å². The van der Waals surface area contributed by atoms with Crippen molar-refractivity contribution in [2.45, 2.75) is 72.3 Å². The van der Waals surface area contributed by atoms with Crippen LogP contribution in [0.4, 0.5) is 5.82 Å². The fourth-order valence-electron chi connectivity index (χ4n) is 5.51. The minimum Gasteiger partial charge on any atom is -0.396 e. The standard InChI is InChI=1S/C30H48N6O2/c1-4-6-10-26-33-27-28(36(26)20-30(3,21-37)22-38)24-12-11-23(19-25(24)32-29(27)31)9-8-14-35-17-15-34(16-18-35)13-7-5-2/h11-12,19,37-38H,4-10,13-18,20-22H2,1-3H3,(H2,31,32). The molecule has 0 unspecified atom stereocenters. The Kier molecular flexibility index (Phi) is 9.98. The highest BCUT2D eigenvalue weighted by molar-refractivity contribution is 6.06. The molecular weight excluding hydrogens is 476 g/mol. The molecule has 8 nitrogen and oxygen atoms in total. The number of aromatic nitrogens is 3. The van der Waals surface area contributed by atoms with Gasteiger partial charge in [0.05, 0.1) is 24.2 Å². The van der Waals surface area contributed by atoms with E-state index >= 15 is 0 Å². The van der Waals surface area contributed by atoms with E-state index in [-0.39, 0.29) is 13.2 Å². The maximum Gasteiger partial charge on any atom is 0.152 e. The fraction of sp³-hybridized carbons (Fsp3) is 0.667. The molecule has 0 bridgehead atoms. The molecule has 0 aliphatic carbocycles. The highest BCUT2D eigenvalue weighted by Crippen LogP contribution is 2.32. The Morgan fingerprint density at radius 3 is 2.18 bits per heavy atom. The fourth-order valence-corrected chi connectivity index (χ4v) is 5.51. The van der Waals surface area contributed by atoms with Crippen molar-refractivity contribution in [2.75, 3.05) is 58.2 Å². The van der Waals surface area contributed by atoms with Crippen molar-refractivity contribution in [1.29, 1.82) is 0 Å². The Morgan fingerprint density at radius 1 is 0.895 bits per heavy atom. The van der Waals surface area contributed by atoms with Gasteiger partial charge in [0.15, 0.2) is 5.82 Å². The number of nitrogens with zero attached hydrogens (tertiary/aromatic N) is 5. The summed E-state index contributed by atoms with van der Waals surface area (Å²) in [6, 6.07) is 6.54. The van der Waals surface area contributed by atoms with E-state index in [0.717, 1.165) is 60.9 Å². The smallest absolute Gasteiger partial charge is 0.152 e. The zero-order valence-electron chi connectivity index (χ0n) is 23.8. The van der Waals surface area contributed by atoms with E-state index in [9.17, 15) is 10.2 Å². The second-order valence-electron chi connectivity index (χ2n) is 11.5. The summed E-state index contributed by atoms with van der Waals surface area (Å²) in [6.07, 6.45) is 7.61. The average molecular weight is 525 g/mol. The van der Waals surface area contributed by atoms with Crippen LogP contribution in [0.2, 0.25) is 0 Å². The molecule has 1 saturated heterocycles. The molecule has 3 aromatic rings. The number of pyridine rings is 1. The molecule has 38 heavy (non-hydrogen) atoms. The normalized spacial score (nSPS) is 15.7. The van der Waals surface area contributed by atoms with E-state index in [1.807, 2.05) is 6.92 Å². The molecule has 1 aromatic carbocycles. The molecule has 1 aliphatic heterocycles. The minimum absolute atomic E-state index is 0.104. The summed E-state index contributed by atoms with van der Waals surface area (Å²) in [5.74, 6) is 1.38. The monoisotopic (exact) mass is 524 g/mol. The van der Waals surface area contributed by atoms with Crippen LogP contribution in [0.3, 0.4) is 0 Å². The number of anilines is 1. The van der Waals surface area contributed by atoms with E-state index in [1.165, 1.54) is 51.1 Å². The second kappa shape index (κ2) is 13.2. The summed E-state index contributed by atoms with van der Waals surface area (Å²) in [7, 11) is 0.